The van der Waals surface area contributed by atoms with E-state index in [0.717, 1.165) is 6.07 Å². The highest BCUT2D eigenvalue weighted by Gasteiger charge is 2.34. The van der Waals surface area contributed by atoms with Crippen LogP contribution in [0.15, 0.2) is 24.3 Å². The van der Waals surface area contributed by atoms with Crippen molar-refractivity contribution in [1.29, 1.82) is 0 Å². The number of Topliss-reactive ketones (excluding diaryl/α,β-unsaturated/α-hetero) is 1. The first-order chi connectivity index (χ1) is 11.2. The molecule has 1 aromatic rings. The number of halogens is 3. The number of ether oxygens (including phenoxy) is 2. The quantitative estimate of drug-likeness (QED) is 0.547. The van der Waals surface area contributed by atoms with E-state index >= 15 is 0 Å². The molecule has 0 spiro atoms. The summed E-state index contributed by atoms with van der Waals surface area (Å²) in [6, 6.07) is 4.92. The smallest absolute Gasteiger partial charge is 0.352 e. The van der Waals surface area contributed by atoms with Crippen molar-refractivity contribution in [3.05, 3.63) is 35.4 Å². The van der Waals surface area contributed by atoms with E-state index in [0.29, 0.717) is 32.5 Å². The molecule has 1 fully saturated rings. The van der Waals surface area contributed by atoms with Crippen molar-refractivity contribution < 1.29 is 27.4 Å². The highest BCUT2D eigenvalue weighted by Crippen LogP contribution is 2.32. The van der Waals surface area contributed by atoms with Gasteiger partial charge < -0.3 is 9.47 Å². The summed E-state index contributed by atoms with van der Waals surface area (Å²) in [5.74, 6) is -0.477. The van der Waals surface area contributed by atoms with E-state index in [9.17, 15) is 18.0 Å². The summed E-state index contributed by atoms with van der Waals surface area (Å²) in [7, 11) is 0. The van der Waals surface area contributed by atoms with Crippen molar-refractivity contribution in [2.45, 2.75) is 52.0 Å². The van der Waals surface area contributed by atoms with Crippen molar-refractivity contribution in [2.24, 2.45) is 5.41 Å². The number of carbonyl (C=O) groups is 1. The lowest BCUT2D eigenvalue weighted by Crippen LogP contribution is -2.37. The number of hydrogen-bond acceptors (Lipinski definition) is 3. The average Bonchev–Trinajstić information content (AvgIpc) is 2.52. The van der Waals surface area contributed by atoms with Crippen molar-refractivity contribution in [2.75, 3.05) is 13.2 Å². The van der Waals surface area contributed by atoms with Gasteiger partial charge in [-0.25, -0.2) is 0 Å². The number of ketones is 1. The fraction of sp³-hybridized carbons (Fsp3) is 0.611. The minimum atomic E-state index is -4.51. The standard InChI is InChI=1S/C18H23F3O3/c1-17(2)11-23-16(24-12-17)10-6-5-9-15(22)13-7-3-4-8-14(13)18(19,20)21/h3-4,7-8,16H,5-6,9-12H2,1-2H3. The minimum absolute atomic E-state index is 0.00771. The number of rotatable bonds is 6. The van der Waals surface area contributed by atoms with Gasteiger partial charge in [0.1, 0.15) is 0 Å². The molecule has 0 amide bonds. The lowest BCUT2D eigenvalue weighted by molar-refractivity contribution is -0.224. The molecular weight excluding hydrogens is 321 g/mol. The zero-order valence-electron chi connectivity index (χ0n) is 14.0. The molecule has 0 aromatic heterocycles. The van der Waals surface area contributed by atoms with Crippen molar-refractivity contribution in [3.63, 3.8) is 0 Å². The lowest BCUT2D eigenvalue weighted by Gasteiger charge is -2.34. The minimum Gasteiger partial charge on any atom is -0.352 e. The molecule has 1 saturated heterocycles. The molecule has 1 aromatic carbocycles. The second-order valence-corrected chi connectivity index (χ2v) is 6.93. The summed E-state index contributed by atoms with van der Waals surface area (Å²) in [5.41, 5.74) is -1.11. The number of carbonyl (C=O) groups excluding carboxylic acids is 1. The van der Waals surface area contributed by atoms with Gasteiger partial charge in [-0.05, 0) is 25.3 Å². The Hall–Kier alpha value is -1.40. The van der Waals surface area contributed by atoms with Crippen LogP contribution in [0.5, 0.6) is 0 Å². The number of benzene rings is 1. The van der Waals surface area contributed by atoms with E-state index in [2.05, 4.69) is 13.8 Å². The predicted octanol–water partition coefficient (Wildman–Crippen LogP) is 4.85. The van der Waals surface area contributed by atoms with Crippen LogP contribution in [0.3, 0.4) is 0 Å². The first-order valence-electron chi connectivity index (χ1n) is 8.12. The van der Waals surface area contributed by atoms with Gasteiger partial charge in [0, 0.05) is 17.4 Å². The van der Waals surface area contributed by atoms with Crippen LogP contribution in [-0.2, 0) is 15.7 Å². The molecule has 0 radical (unpaired) electrons. The maximum atomic E-state index is 12.9. The van der Waals surface area contributed by atoms with Gasteiger partial charge in [-0.3, -0.25) is 4.79 Å². The Labute approximate surface area is 140 Å². The average molecular weight is 344 g/mol. The van der Waals surface area contributed by atoms with Crippen LogP contribution >= 0.6 is 0 Å². The number of alkyl halides is 3. The molecule has 2 rings (SSSR count). The van der Waals surface area contributed by atoms with Crippen LogP contribution in [0.1, 0.15) is 55.5 Å². The number of unbranched alkanes of at least 4 members (excludes halogenated alkanes) is 1. The van der Waals surface area contributed by atoms with Gasteiger partial charge in [-0.1, -0.05) is 32.0 Å². The fourth-order valence-corrected chi connectivity index (χ4v) is 2.60. The van der Waals surface area contributed by atoms with E-state index in [1.165, 1.54) is 18.2 Å². The van der Waals surface area contributed by atoms with Crippen LogP contribution in [-0.4, -0.2) is 25.3 Å². The SMILES string of the molecule is CC1(C)COC(CCCCC(=O)c2ccccc2C(F)(F)F)OC1. The Morgan fingerprint density at radius 1 is 1.17 bits per heavy atom. The van der Waals surface area contributed by atoms with Crippen LogP contribution < -0.4 is 0 Å². The molecule has 1 aliphatic heterocycles. The predicted molar refractivity (Wildman–Crippen MR) is 83.7 cm³/mol. The summed E-state index contributed by atoms with van der Waals surface area (Å²) in [5, 5.41) is 0. The Balaban J connectivity index is 1.78. The van der Waals surface area contributed by atoms with E-state index < -0.39 is 17.5 Å². The van der Waals surface area contributed by atoms with Crippen molar-refractivity contribution >= 4 is 5.78 Å². The lowest BCUT2D eigenvalue weighted by atomic mass is 9.95. The topological polar surface area (TPSA) is 35.5 Å². The highest BCUT2D eigenvalue weighted by molar-refractivity contribution is 5.97. The summed E-state index contributed by atoms with van der Waals surface area (Å²) in [4.78, 5) is 12.1. The molecule has 6 heteroatoms. The first kappa shape index (κ1) is 18.9. The largest absolute Gasteiger partial charge is 0.417 e. The molecule has 0 atom stereocenters. The molecule has 0 N–H and O–H groups in total. The Morgan fingerprint density at radius 3 is 2.42 bits per heavy atom. The number of hydrogen-bond donors (Lipinski definition) is 0. The molecule has 134 valence electrons. The third-order valence-corrected chi connectivity index (χ3v) is 3.95. The van der Waals surface area contributed by atoms with Gasteiger partial charge in [0.05, 0.1) is 18.8 Å². The monoisotopic (exact) mass is 344 g/mol. The third kappa shape index (κ3) is 5.31. The molecular formula is C18H23F3O3. The van der Waals surface area contributed by atoms with Crippen LogP contribution in [0, 0.1) is 5.41 Å². The Bertz CT molecular complexity index is 557. The van der Waals surface area contributed by atoms with Crippen LogP contribution in [0.2, 0.25) is 0 Å². The van der Waals surface area contributed by atoms with Gasteiger partial charge in [-0.2, -0.15) is 13.2 Å². The zero-order chi connectivity index (χ0) is 17.8. The summed E-state index contributed by atoms with van der Waals surface area (Å²) < 4.78 is 49.9. The first-order valence-corrected chi connectivity index (χ1v) is 8.12. The van der Waals surface area contributed by atoms with Gasteiger partial charge in [-0.15, -0.1) is 0 Å². The maximum Gasteiger partial charge on any atom is 0.417 e. The molecule has 1 heterocycles. The fourth-order valence-electron chi connectivity index (χ4n) is 2.60. The third-order valence-electron chi connectivity index (χ3n) is 3.95. The molecule has 0 saturated carbocycles. The maximum absolute atomic E-state index is 12.9. The van der Waals surface area contributed by atoms with E-state index in [1.807, 2.05) is 0 Å². The molecule has 0 aliphatic carbocycles. The van der Waals surface area contributed by atoms with E-state index in [4.69, 9.17) is 9.47 Å². The molecule has 1 aliphatic rings. The Kier molecular flexibility index (Phi) is 6.04. The summed E-state index contributed by atoms with van der Waals surface area (Å²) >= 11 is 0. The highest BCUT2D eigenvalue weighted by atomic mass is 19.4. The molecule has 0 bridgehead atoms. The van der Waals surface area contributed by atoms with Gasteiger partial charge in [0.25, 0.3) is 0 Å². The second kappa shape index (κ2) is 7.66. The van der Waals surface area contributed by atoms with E-state index in [-0.39, 0.29) is 23.7 Å². The second-order valence-electron chi connectivity index (χ2n) is 6.93. The summed E-state index contributed by atoms with van der Waals surface area (Å²) in [6.45, 7) is 5.35. The normalized spacial score (nSPS) is 18.5. The zero-order valence-corrected chi connectivity index (χ0v) is 14.0. The van der Waals surface area contributed by atoms with Gasteiger partial charge >= 0.3 is 6.18 Å². The molecule has 24 heavy (non-hydrogen) atoms. The van der Waals surface area contributed by atoms with Gasteiger partial charge in [0.2, 0.25) is 0 Å². The van der Waals surface area contributed by atoms with Crippen molar-refractivity contribution in [3.8, 4) is 0 Å². The van der Waals surface area contributed by atoms with Crippen molar-refractivity contribution in [1.82, 2.24) is 0 Å². The van der Waals surface area contributed by atoms with Crippen LogP contribution in [0.25, 0.3) is 0 Å². The van der Waals surface area contributed by atoms with E-state index in [1.54, 1.807) is 0 Å². The molecule has 3 nitrogen and oxygen atoms in total. The van der Waals surface area contributed by atoms with Crippen LogP contribution in [0.4, 0.5) is 13.2 Å². The molecule has 0 unspecified atom stereocenters. The Morgan fingerprint density at radius 2 is 1.79 bits per heavy atom. The van der Waals surface area contributed by atoms with Gasteiger partial charge in [0.15, 0.2) is 12.1 Å². The summed E-state index contributed by atoms with van der Waals surface area (Å²) in [6.07, 6.45) is -2.88.